The van der Waals surface area contributed by atoms with Gasteiger partial charge in [0.1, 0.15) is 17.2 Å². The van der Waals surface area contributed by atoms with Gasteiger partial charge in [-0.05, 0) is 55.7 Å². The summed E-state index contributed by atoms with van der Waals surface area (Å²) in [6.45, 7) is 9.06. The van der Waals surface area contributed by atoms with Crippen molar-refractivity contribution in [3.63, 3.8) is 0 Å². The van der Waals surface area contributed by atoms with Crippen LogP contribution in [0.4, 0.5) is 17.1 Å². The van der Waals surface area contributed by atoms with Crippen LogP contribution in [0.15, 0.2) is 84.9 Å². The molecule has 2 aliphatic heterocycles. The van der Waals surface area contributed by atoms with Crippen LogP contribution in [0.25, 0.3) is 0 Å². The van der Waals surface area contributed by atoms with Gasteiger partial charge in [0, 0.05) is 53.3 Å². The fourth-order valence-corrected chi connectivity index (χ4v) is 6.06. The number of unbranched alkanes of at least 4 members (excludes halogenated alkanes) is 2. The van der Waals surface area contributed by atoms with Gasteiger partial charge in [-0.3, -0.25) is 0 Å². The van der Waals surface area contributed by atoms with Crippen molar-refractivity contribution in [1.82, 2.24) is 0 Å². The van der Waals surface area contributed by atoms with Crippen LogP contribution in [0.2, 0.25) is 0 Å². The molecular weight excluding hydrogens is 536 g/mol. The molecule has 0 amide bonds. The first-order valence-corrected chi connectivity index (χ1v) is 15.6. The lowest BCUT2D eigenvalue weighted by atomic mass is 9.77. The van der Waals surface area contributed by atoms with Crippen molar-refractivity contribution >= 4 is 23.0 Å². The van der Waals surface area contributed by atoms with Crippen molar-refractivity contribution < 1.29 is 19.0 Å². The predicted octanol–water partition coefficient (Wildman–Crippen LogP) is 9.19. The van der Waals surface area contributed by atoms with Crippen molar-refractivity contribution in [3.05, 3.63) is 107 Å². The number of carbonyl (C=O) groups excluding carboxylic acids is 1. The zero-order chi connectivity index (χ0) is 29.8. The van der Waals surface area contributed by atoms with E-state index < -0.39 is 5.60 Å². The first-order chi connectivity index (χ1) is 21.1. The van der Waals surface area contributed by atoms with E-state index in [9.17, 15) is 4.79 Å². The molecule has 1 atom stereocenters. The van der Waals surface area contributed by atoms with Gasteiger partial charge in [0.25, 0.3) is 0 Å². The number of ether oxygens (including phenoxy) is 3. The highest BCUT2D eigenvalue weighted by atomic mass is 16.6. The third-order valence-electron chi connectivity index (χ3n) is 8.24. The van der Waals surface area contributed by atoms with Crippen LogP contribution < -0.4 is 19.7 Å². The molecule has 4 aromatic rings. The number of benzene rings is 4. The second-order valence-electron chi connectivity index (χ2n) is 11.3. The SMILES string of the molecule is CCCCN(CCCC)c1ccc2c(c1)Oc1cc(OCCC)c(Nc3ccccc3)cc1C21OC(=O)c2ccccc21. The van der Waals surface area contributed by atoms with Gasteiger partial charge in [-0.25, -0.2) is 4.79 Å². The molecule has 222 valence electrons. The molecule has 43 heavy (non-hydrogen) atoms. The summed E-state index contributed by atoms with van der Waals surface area (Å²) in [5.41, 5.74) is 4.66. The Hall–Kier alpha value is -4.45. The van der Waals surface area contributed by atoms with Crippen LogP contribution in [0.3, 0.4) is 0 Å². The Balaban J connectivity index is 1.53. The molecule has 4 aromatic carbocycles. The average Bonchev–Trinajstić information content (AvgIpc) is 3.33. The van der Waals surface area contributed by atoms with E-state index >= 15 is 0 Å². The summed E-state index contributed by atoms with van der Waals surface area (Å²) in [6, 6.07) is 28.0. The monoisotopic (exact) mass is 576 g/mol. The fraction of sp³-hybridized carbons (Fsp3) is 0.324. The van der Waals surface area contributed by atoms with Gasteiger partial charge < -0.3 is 24.4 Å². The van der Waals surface area contributed by atoms with E-state index in [1.165, 1.54) is 0 Å². The van der Waals surface area contributed by atoms with Gasteiger partial charge in [-0.15, -0.1) is 0 Å². The molecule has 6 nitrogen and oxygen atoms in total. The summed E-state index contributed by atoms with van der Waals surface area (Å²) in [5, 5.41) is 3.53. The van der Waals surface area contributed by atoms with Gasteiger partial charge in [-0.1, -0.05) is 70.0 Å². The standard InChI is InChI=1S/C37H40N2O4/c1-4-7-20-39(21-8-5-2)27-18-19-30-33(23-27)42-34-25-35(41-22-6-3)32(38-26-14-10-9-11-15-26)24-31(34)37(30)29-17-13-12-16-28(29)36(40)43-37/h9-19,23-25,38H,4-8,20-22H2,1-3H3. The summed E-state index contributed by atoms with van der Waals surface area (Å²) in [5.74, 6) is 1.66. The highest BCUT2D eigenvalue weighted by Gasteiger charge is 2.54. The van der Waals surface area contributed by atoms with E-state index in [2.05, 4.69) is 49.2 Å². The van der Waals surface area contributed by atoms with E-state index in [0.29, 0.717) is 29.4 Å². The van der Waals surface area contributed by atoms with Crippen LogP contribution >= 0.6 is 0 Å². The second-order valence-corrected chi connectivity index (χ2v) is 11.3. The van der Waals surface area contributed by atoms with Gasteiger partial charge in [0.2, 0.25) is 0 Å². The molecule has 0 radical (unpaired) electrons. The maximum absolute atomic E-state index is 13.4. The van der Waals surface area contributed by atoms with E-state index in [-0.39, 0.29) is 5.97 Å². The van der Waals surface area contributed by atoms with E-state index in [1.807, 2.05) is 66.7 Å². The normalized spacial score (nSPS) is 16.1. The van der Waals surface area contributed by atoms with Crippen molar-refractivity contribution in [1.29, 1.82) is 0 Å². The van der Waals surface area contributed by atoms with Crippen LogP contribution in [0.5, 0.6) is 17.2 Å². The number of para-hydroxylation sites is 1. The number of hydrogen-bond donors (Lipinski definition) is 1. The van der Waals surface area contributed by atoms with E-state index in [4.69, 9.17) is 14.2 Å². The molecule has 0 saturated carbocycles. The lowest BCUT2D eigenvalue weighted by molar-refractivity contribution is 0.0224. The van der Waals surface area contributed by atoms with E-state index in [0.717, 1.165) is 78.9 Å². The maximum atomic E-state index is 13.4. The first-order valence-electron chi connectivity index (χ1n) is 15.6. The molecule has 2 heterocycles. The highest BCUT2D eigenvalue weighted by Crippen LogP contribution is 2.58. The van der Waals surface area contributed by atoms with Crippen molar-refractivity contribution in [2.75, 3.05) is 29.9 Å². The smallest absolute Gasteiger partial charge is 0.340 e. The average molecular weight is 577 g/mol. The number of fused-ring (bicyclic) bond motifs is 6. The molecule has 0 bridgehead atoms. The van der Waals surface area contributed by atoms with Crippen molar-refractivity contribution in [2.24, 2.45) is 0 Å². The van der Waals surface area contributed by atoms with Gasteiger partial charge >= 0.3 is 5.97 Å². The third-order valence-corrected chi connectivity index (χ3v) is 8.24. The Morgan fingerprint density at radius 1 is 0.767 bits per heavy atom. The quantitative estimate of drug-likeness (QED) is 0.170. The van der Waals surface area contributed by atoms with Crippen LogP contribution in [0, 0.1) is 0 Å². The number of rotatable bonds is 12. The number of hydrogen-bond acceptors (Lipinski definition) is 6. The highest BCUT2D eigenvalue weighted by molar-refractivity contribution is 5.97. The molecule has 0 aliphatic carbocycles. The Labute approximate surface area is 254 Å². The summed E-state index contributed by atoms with van der Waals surface area (Å²) in [4.78, 5) is 15.9. The number of carbonyl (C=O) groups is 1. The molecule has 1 spiro atoms. The van der Waals surface area contributed by atoms with Gasteiger partial charge in [-0.2, -0.15) is 0 Å². The lowest BCUT2D eigenvalue weighted by Crippen LogP contribution is -2.33. The zero-order valence-electron chi connectivity index (χ0n) is 25.3. The summed E-state index contributed by atoms with van der Waals surface area (Å²) < 4.78 is 19.4. The lowest BCUT2D eigenvalue weighted by Gasteiger charge is -2.38. The van der Waals surface area contributed by atoms with Crippen molar-refractivity contribution in [3.8, 4) is 17.2 Å². The fourth-order valence-electron chi connectivity index (χ4n) is 6.06. The summed E-state index contributed by atoms with van der Waals surface area (Å²) >= 11 is 0. The van der Waals surface area contributed by atoms with Crippen molar-refractivity contribution in [2.45, 2.75) is 58.5 Å². The minimum atomic E-state index is -1.15. The van der Waals surface area contributed by atoms with Gasteiger partial charge in [0.05, 0.1) is 17.9 Å². The van der Waals surface area contributed by atoms with Crippen LogP contribution in [0.1, 0.15) is 79.9 Å². The number of nitrogens with one attached hydrogen (secondary N) is 1. The molecule has 0 fully saturated rings. The molecular formula is C37H40N2O4. The predicted molar refractivity (Wildman–Crippen MR) is 172 cm³/mol. The number of nitrogens with zero attached hydrogens (tertiary/aromatic N) is 1. The number of esters is 1. The maximum Gasteiger partial charge on any atom is 0.340 e. The second kappa shape index (κ2) is 12.4. The Morgan fingerprint density at radius 2 is 1.49 bits per heavy atom. The number of anilines is 3. The third kappa shape index (κ3) is 5.31. The summed E-state index contributed by atoms with van der Waals surface area (Å²) in [7, 11) is 0. The van der Waals surface area contributed by atoms with Crippen LogP contribution in [-0.4, -0.2) is 25.7 Å². The van der Waals surface area contributed by atoms with Gasteiger partial charge in [0.15, 0.2) is 5.60 Å². The Kier molecular flexibility index (Phi) is 8.28. The largest absolute Gasteiger partial charge is 0.491 e. The summed E-state index contributed by atoms with van der Waals surface area (Å²) in [6.07, 6.45) is 5.37. The van der Waals surface area contributed by atoms with E-state index in [1.54, 1.807) is 0 Å². The Morgan fingerprint density at radius 3 is 2.23 bits per heavy atom. The van der Waals surface area contributed by atoms with Crippen LogP contribution in [-0.2, 0) is 10.3 Å². The molecule has 1 unspecified atom stereocenters. The molecule has 1 N–H and O–H groups in total. The zero-order valence-corrected chi connectivity index (χ0v) is 25.3. The molecule has 6 rings (SSSR count). The molecule has 2 aliphatic rings. The molecule has 0 saturated heterocycles. The first kappa shape index (κ1) is 28.7. The minimum Gasteiger partial charge on any atom is -0.491 e. The molecule has 0 aromatic heterocycles. The Bertz CT molecular complexity index is 1590. The minimum absolute atomic E-state index is 0.338. The molecule has 6 heteroatoms. The topological polar surface area (TPSA) is 60.0 Å².